The van der Waals surface area contributed by atoms with Crippen molar-refractivity contribution in [3.63, 3.8) is 0 Å². The van der Waals surface area contributed by atoms with Gasteiger partial charge in [0, 0.05) is 5.69 Å². The third kappa shape index (κ3) is 4.56. The van der Waals surface area contributed by atoms with Gasteiger partial charge in [-0.15, -0.1) is 0 Å². The summed E-state index contributed by atoms with van der Waals surface area (Å²) < 4.78 is 29.3. The minimum Gasteiger partial charge on any atom is -0.433 e. The molecule has 0 aliphatic heterocycles. The van der Waals surface area contributed by atoms with Crippen molar-refractivity contribution in [3.8, 4) is 5.75 Å². The lowest BCUT2D eigenvalue weighted by Gasteiger charge is -2.10. The molecule has 0 aliphatic carbocycles. The molecule has 0 unspecified atom stereocenters. The molecule has 0 radical (unpaired) electrons. The van der Waals surface area contributed by atoms with Crippen molar-refractivity contribution in [3.05, 3.63) is 49.8 Å². The second-order valence-corrected chi connectivity index (χ2v) is 5.53. The van der Waals surface area contributed by atoms with Crippen LogP contribution in [0, 0.1) is 0 Å². The number of hydrogen-bond donors (Lipinski definition) is 1. The Kier molecular flexibility index (Phi) is 5.98. The van der Waals surface area contributed by atoms with Gasteiger partial charge in [-0.25, -0.2) is 4.68 Å². The highest BCUT2D eigenvalue weighted by Crippen LogP contribution is 2.28. The van der Waals surface area contributed by atoms with Gasteiger partial charge in [-0.05, 0) is 18.2 Å². The van der Waals surface area contributed by atoms with E-state index >= 15 is 0 Å². The van der Waals surface area contributed by atoms with Gasteiger partial charge in [-0.2, -0.15) is 13.9 Å². The van der Waals surface area contributed by atoms with Crippen molar-refractivity contribution >= 4 is 46.4 Å². The lowest BCUT2D eigenvalue weighted by atomic mass is 10.3. The summed E-state index contributed by atoms with van der Waals surface area (Å²) in [5.74, 6) is -0.839. The molecule has 24 heavy (non-hydrogen) atoms. The normalized spacial score (nSPS) is 10.8. The van der Waals surface area contributed by atoms with Crippen LogP contribution in [0.4, 0.5) is 14.5 Å². The molecule has 0 aliphatic rings. The molecule has 0 spiro atoms. The summed E-state index contributed by atoms with van der Waals surface area (Å²) in [6.07, 6.45) is 1.13. The summed E-state index contributed by atoms with van der Waals surface area (Å²) >= 11 is 17.1. The Morgan fingerprint density at radius 1 is 1.29 bits per heavy atom. The molecular formula is C13H8Cl3F2N3O3. The van der Waals surface area contributed by atoms with Crippen molar-refractivity contribution in [1.82, 2.24) is 9.78 Å². The summed E-state index contributed by atoms with van der Waals surface area (Å²) in [6.45, 7) is -3.45. The van der Waals surface area contributed by atoms with Crippen molar-refractivity contribution in [2.24, 2.45) is 0 Å². The van der Waals surface area contributed by atoms with Gasteiger partial charge in [0.2, 0.25) is 5.91 Å². The molecule has 0 atom stereocenters. The van der Waals surface area contributed by atoms with Crippen LogP contribution in [-0.4, -0.2) is 22.3 Å². The second kappa shape index (κ2) is 7.78. The summed E-state index contributed by atoms with van der Waals surface area (Å²) in [7, 11) is 0. The molecule has 11 heteroatoms. The number of rotatable bonds is 5. The van der Waals surface area contributed by atoms with Crippen molar-refractivity contribution in [2.75, 3.05) is 5.32 Å². The molecule has 0 saturated heterocycles. The zero-order valence-electron chi connectivity index (χ0n) is 11.6. The van der Waals surface area contributed by atoms with Crippen LogP contribution in [0.15, 0.2) is 29.2 Å². The zero-order valence-corrected chi connectivity index (χ0v) is 13.9. The van der Waals surface area contributed by atoms with Gasteiger partial charge >= 0.3 is 6.61 Å². The molecule has 1 aromatic carbocycles. The minimum atomic E-state index is -3.02. The smallest absolute Gasteiger partial charge is 0.387 e. The van der Waals surface area contributed by atoms with Gasteiger partial charge in [-0.1, -0.05) is 34.8 Å². The van der Waals surface area contributed by atoms with E-state index in [9.17, 15) is 18.4 Å². The molecule has 0 bridgehead atoms. The Morgan fingerprint density at radius 2 is 2.00 bits per heavy atom. The second-order valence-electron chi connectivity index (χ2n) is 4.34. The number of nitrogens with one attached hydrogen (secondary N) is 1. The fourth-order valence-electron chi connectivity index (χ4n) is 1.66. The number of nitrogens with zero attached hydrogens (tertiary/aromatic N) is 2. The largest absolute Gasteiger partial charge is 0.433 e. The van der Waals surface area contributed by atoms with E-state index < -0.39 is 24.6 Å². The lowest BCUT2D eigenvalue weighted by Crippen LogP contribution is -2.29. The van der Waals surface area contributed by atoms with E-state index in [0.29, 0.717) is 0 Å². The highest BCUT2D eigenvalue weighted by atomic mass is 35.5. The molecule has 1 aromatic heterocycles. The number of carbonyl (C=O) groups excluding carboxylic acids is 1. The first-order valence-electron chi connectivity index (χ1n) is 6.23. The number of ether oxygens (including phenoxy) is 1. The van der Waals surface area contributed by atoms with Gasteiger partial charge in [0.05, 0.1) is 16.2 Å². The Bertz CT molecular complexity index is 830. The van der Waals surface area contributed by atoms with Crippen LogP contribution >= 0.6 is 34.8 Å². The quantitative estimate of drug-likeness (QED) is 0.837. The first kappa shape index (κ1) is 18.4. The van der Waals surface area contributed by atoms with Crippen LogP contribution in [0.2, 0.25) is 15.1 Å². The van der Waals surface area contributed by atoms with Crippen LogP contribution < -0.4 is 15.6 Å². The number of halogens is 5. The fraction of sp³-hybridized carbons (Fsp3) is 0.154. The third-order valence-corrected chi connectivity index (χ3v) is 3.71. The summed E-state index contributed by atoms with van der Waals surface area (Å²) in [5, 5.41) is 5.72. The average Bonchev–Trinajstić information content (AvgIpc) is 2.50. The number of hydrogen-bond acceptors (Lipinski definition) is 4. The van der Waals surface area contributed by atoms with Gasteiger partial charge in [0.25, 0.3) is 5.56 Å². The number of alkyl halides is 2. The van der Waals surface area contributed by atoms with E-state index in [-0.39, 0.29) is 26.5 Å². The Labute approximate surface area is 148 Å². The van der Waals surface area contributed by atoms with Crippen molar-refractivity contribution in [1.29, 1.82) is 0 Å². The number of aromatic nitrogens is 2. The monoisotopic (exact) mass is 397 g/mol. The SMILES string of the molecule is O=C(Cn1ncc(Cl)c(Cl)c1=O)Nc1ccc(OC(F)F)c(Cl)c1. The Morgan fingerprint density at radius 3 is 2.62 bits per heavy atom. The van der Waals surface area contributed by atoms with Crippen LogP contribution in [0.3, 0.4) is 0 Å². The van der Waals surface area contributed by atoms with Crippen LogP contribution in [0.1, 0.15) is 0 Å². The zero-order chi connectivity index (χ0) is 17.9. The maximum atomic E-state index is 12.1. The van der Waals surface area contributed by atoms with Gasteiger partial charge < -0.3 is 10.1 Å². The third-order valence-electron chi connectivity index (χ3n) is 2.67. The van der Waals surface area contributed by atoms with Gasteiger partial charge in [-0.3, -0.25) is 9.59 Å². The van der Waals surface area contributed by atoms with E-state index in [1.165, 1.54) is 18.2 Å². The van der Waals surface area contributed by atoms with Crippen LogP contribution in [0.25, 0.3) is 0 Å². The summed E-state index contributed by atoms with van der Waals surface area (Å²) in [5.41, 5.74) is -0.502. The van der Waals surface area contributed by atoms with Crippen molar-refractivity contribution in [2.45, 2.75) is 13.2 Å². The van der Waals surface area contributed by atoms with E-state index in [1.807, 2.05) is 0 Å². The molecule has 1 amide bonds. The van der Waals surface area contributed by atoms with E-state index in [0.717, 1.165) is 10.9 Å². The highest BCUT2D eigenvalue weighted by molar-refractivity contribution is 6.41. The maximum Gasteiger partial charge on any atom is 0.387 e. The standard InChI is InChI=1S/C13H8Cl3F2N3O3/c14-7-3-6(1-2-9(7)24-13(17)18)20-10(22)5-21-12(23)11(16)8(15)4-19-21/h1-4,13H,5H2,(H,20,22). The molecule has 6 nitrogen and oxygen atoms in total. The first-order valence-corrected chi connectivity index (χ1v) is 7.36. The molecular weight excluding hydrogens is 391 g/mol. The average molecular weight is 399 g/mol. The van der Waals surface area contributed by atoms with Gasteiger partial charge in [0.15, 0.2) is 0 Å². The molecule has 2 rings (SSSR count). The van der Waals surface area contributed by atoms with E-state index in [4.69, 9.17) is 34.8 Å². The molecule has 0 saturated carbocycles. The molecule has 128 valence electrons. The molecule has 1 N–H and O–H groups in total. The predicted molar refractivity (Wildman–Crippen MR) is 85.2 cm³/mol. The first-order chi connectivity index (χ1) is 11.3. The molecule has 2 aromatic rings. The van der Waals surface area contributed by atoms with Crippen LogP contribution in [-0.2, 0) is 11.3 Å². The topological polar surface area (TPSA) is 73.2 Å². The van der Waals surface area contributed by atoms with E-state index in [1.54, 1.807) is 0 Å². The number of benzene rings is 1. The molecule has 0 fully saturated rings. The van der Waals surface area contributed by atoms with Crippen molar-refractivity contribution < 1.29 is 18.3 Å². The highest BCUT2D eigenvalue weighted by Gasteiger charge is 2.13. The van der Waals surface area contributed by atoms with E-state index in [2.05, 4.69) is 15.2 Å². The Balaban J connectivity index is 2.09. The Hall–Kier alpha value is -1.90. The predicted octanol–water partition coefficient (Wildman–Crippen LogP) is 3.44. The van der Waals surface area contributed by atoms with Gasteiger partial charge in [0.1, 0.15) is 17.3 Å². The van der Waals surface area contributed by atoms with Crippen LogP contribution in [0.5, 0.6) is 5.75 Å². The number of carbonyl (C=O) groups is 1. The summed E-state index contributed by atoms with van der Waals surface area (Å²) in [4.78, 5) is 23.7. The lowest BCUT2D eigenvalue weighted by molar-refractivity contribution is -0.117. The molecule has 1 heterocycles. The minimum absolute atomic E-state index is 0.0280. The maximum absolute atomic E-state index is 12.1. The fourth-order valence-corrected chi connectivity index (χ4v) is 2.16. The number of anilines is 1. The summed E-state index contributed by atoms with van der Waals surface area (Å²) in [6, 6.07) is 3.71. The number of amides is 1.